The third-order valence-electron chi connectivity index (χ3n) is 7.10. The average Bonchev–Trinajstić information content (AvgIpc) is 3.25. The van der Waals surface area contributed by atoms with Gasteiger partial charge in [-0.1, -0.05) is 6.07 Å². The summed E-state index contributed by atoms with van der Waals surface area (Å²) in [4.78, 5) is 15.5. The number of hydrogen-bond acceptors (Lipinski definition) is 4. The van der Waals surface area contributed by atoms with Gasteiger partial charge >= 0.3 is 0 Å². The van der Waals surface area contributed by atoms with Crippen LogP contribution in [0.3, 0.4) is 0 Å². The van der Waals surface area contributed by atoms with Gasteiger partial charge in [-0.05, 0) is 87.1 Å². The molecule has 1 aromatic heterocycles. The fraction of sp³-hybridized carbons (Fsp3) is 0.385. The van der Waals surface area contributed by atoms with Crippen LogP contribution in [0.5, 0.6) is 0 Å². The van der Waals surface area contributed by atoms with E-state index in [1.165, 1.54) is 16.4 Å². The van der Waals surface area contributed by atoms with Crippen molar-refractivity contribution in [2.24, 2.45) is 0 Å². The summed E-state index contributed by atoms with van der Waals surface area (Å²) < 4.78 is 43.0. The Kier molecular flexibility index (Phi) is 6.23. The lowest BCUT2D eigenvalue weighted by Crippen LogP contribution is -2.50. The zero-order valence-corrected chi connectivity index (χ0v) is 20.8. The number of fused-ring (bicyclic) bond motifs is 1. The number of sulfonamides is 1. The van der Waals surface area contributed by atoms with E-state index in [2.05, 4.69) is 5.10 Å². The molecule has 0 saturated carbocycles. The number of carbonyl (C=O) groups excluding carboxylic acids is 1. The van der Waals surface area contributed by atoms with Gasteiger partial charge in [0.15, 0.2) is 5.69 Å². The summed E-state index contributed by atoms with van der Waals surface area (Å²) >= 11 is 0. The van der Waals surface area contributed by atoms with Crippen molar-refractivity contribution in [2.45, 2.75) is 44.4 Å². The maximum Gasteiger partial charge on any atom is 0.274 e. The molecule has 0 bridgehead atoms. The molecule has 1 aliphatic heterocycles. The minimum atomic E-state index is -3.62. The van der Waals surface area contributed by atoms with Crippen LogP contribution in [0.25, 0.3) is 5.69 Å². The number of aromatic nitrogens is 2. The van der Waals surface area contributed by atoms with Crippen LogP contribution in [0.2, 0.25) is 0 Å². The molecule has 5 rings (SSSR count). The summed E-state index contributed by atoms with van der Waals surface area (Å²) in [5.41, 5.74) is 5.09. The number of nitrogens with zero attached hydrogens (tertiary/aromatic N) is 4. The molecule has 0 radical (unpaired) electrons. The van der Waals surface area contributed by atoms with Crippen molar-refractivity contribution < 1.29 is 17.6 Å². The molecule has 9 heteroatoms. The first kappa shape index (κ1) is 23.7. The second-order valence-electron chi connectivity index (χ2n) is 9.31. The molecule has 2 aliphatic rings. The van der Waals surface area contributed by atoms with Crippen molar-refractivity contribution in [1.29, 1.82) is 0 Å². The second-order valence-corrected chi connectivity index (χ2v) is 11.2. The Morgan fingerprint density at radius 1 is 0.914 bits per heavy atom. The molecule has 1 saturated heterocycles. The normalized spacial score (nSPS) is 16.8. The molecule has 0 spiro atoms. The molecule has 1 amide bonds. The first-order valence-electron chi connectivity index (χ1n) is 12.0. The number of amides is 1. The molecule has 2 aromatic carbocycles. The van der Waals surface area contributed by atoms with Gasteiger partial charge in [0.25, 0.3) is 5.91 Å². The molecule has 1 aliphatic carbocycles. The van der Waals surface area contributed by atoms with Crippen LogP contribution in [0.4, 0.5) is 4.39 Å². The third kappa shape index (κ3) is 4.38. The smallest absolute Gasteiger partial charge is 0.274 e. The Hall–Kier alpha value is -3.04. The standard InChI is InChI=1S/C26H29FN4O3S/c1-18-7-12-22(17-19(18)2)35(33,34)30-15-13-29(14-16-30)26(32)25-23-5-3-4-6-24(23)31(28-25)21-10-8-20(27)9-11-21/h7-12,17H,3-6,13-16H2,1-2H3. The van der Waals surface area contributed by atoms with E-state index in [9.17, 15) is 17.6 Å². The number of carbonyl (C=O) groups is 1. The van der Waals surface area contributed by atoms with Crippen LogP contribution < -0.4 is 0 Å². The highest BCUT2D eigenvalue weighted by molar-refractivity contribution is 7.89. The Labute approximate surface area is 205 Å². The minimum absolute atomic E-state index is 0.174. The largest absolute Gasteiger partial charge is 0.335 e. The quantitative estimate of drug-likeness (QED) is 0.553. The van der Waals surface area contributed by atoms with Crippen molar-refractivity contribution >= 4 is 15.9 Å². The predicted molar refractivity (Wildman–Crippen MR) is 131 cm³/mol. The zero-order chi connectivity index (χ0) is 24.7. The van der Waals surface area contributed by atoms with Gasteiger partial charge in [0, 0.05) is 37.4 Å². The van der Waals surface area contributed by atoms with Crippen molar-refractivity contribution in [2.75, 3.05) is 26.2 Å². The summed E-state index contributed by atoms with van der Waals surface area (Å²) in [5.74, 6) is -0.494. The number of aryl methyl sites for hydroxylation is 2. The van der Waals surface area contributed by atoms with Crippen LogP contribution in [-0.4, -0.2) is 59.5 Å². The van der Waals surface area contributed by atoms with E-state index in [4.69, 9.17) is 0 Å². The lowest BCUT2D eigenvalue weighted by molar-refractivity contribution is 0.0690. The Balaban J connectivity index is 1.36. The molecule has 184 valence electrons. The van der Waals surface area contributed by atoms with Crippen LogP contribution in [0.1, 0.15) is 45.7 Å². The maximum absolute atomic E-state index is 13.5. The number of benzene rings is 2. The van der Waals surface area contributed by atoms with E-state index >= 15 is 0 Å². The summed E-state index contributed by atoms with van der Waals surface area (Å²) in [6.07, 6.45) is 3.60. The zero-order valence-electron chi connectivity index (χ0n) is 20.0. The van der Waals surface area contributed by atoms with Gasteiger partial charge in [-0.3, -0.25) is 4.79 Å². The lowest BCUT2D eigenvalue weighted by Gasteiger charge is -2.34. The SMILES string of the molecule is Cc1ccc(S(=O)(=O)N2CCN(C(=O)c3nn(-c4ccc(F)cc4)c4c3CCCC4)CC2)cc1C. The van der Waals surface area contributed by atoms with Crippen LogP contribution >= 0.6 is 0 Å². The van der Waals surface area contributed by atoms with Gasteiger partial charge in [0.2, 0.25) is 10.0 Å². The van der Waals surface area contributed by atoms with Gasteiger partial charge in [-0.15, -0.1) is 0 Å². The van der Waals surface area contributed by atoms with E-state index in [-0.39, 0.29) is 29.7 Å². The average molecular weight is 497 g/mol. The fourth-order valence-electron chi connectivity index (χ4n) is 4.87. The van der Waals surface area contributed by atoms with Crippen molar-refractivity contribution in [3.05, 3.63) is 76.4 Å². The van der Waals surface area contributed by atoms with Gasteiger partial charge in [0.1, 0.15) is 5.82 Å². The minimum Gasteiger partial charge on any atom is -0.335 e. The van der Waals surface area contributed by atoms with Crippen molar-refractivity contribution in [1.82, 2.24) is 19.0 Å². The van der Waals surface area contributed by atoms with E-state index < -0.39 is 10.0 Å². The molecular formula is C26H29FN4O3S. The number of rotatable bonds is 4. The van der Waals surface area contributed by atoms with E-state index in [1.807, 2.05) is 19.9 Å². The molecule has 0 atom stereocenters. The highest BCUT2D eigenvalue weighted by Crippen LogP contribution is 2.28. The topological polar surface area (TPSA) is 75.5 Å². The molecule has 2 heterocycles. The molecule has 3 aromatic rings. The summed E-state index contributed by atoms with van der Waals surface area (Å²) in [5, 5.41) is 4.67. The highest BCUT2D eigenvalue weighted by Gasteiger charge is 2.33. The van der Waals surface area contributed by atoms with Crippen LogP contribution in [0.15, 0.2) is 47.4 Å². The van der Waals surface area contributed by atoms with Crippen LogP contribution in [0, 0.1) is 19.7 Å². The Morgan fingerprint density at radius 2 is 1.60 bits per heavy atom. The van der Waals surface area contributed by atoms with Gasteiger partial charge in [0.05, 0.1) is 10.6 Å². The number of halogens is 1. The van der Waals surface area contributed by atoms with Crippen molar-refractivity contribution in [3.8, 4) is 5.69 Å². The second kappa shape index (κ2) is 9.20. The number of piperazine rings is 1. The Bertz CT molecular complexity index is 1370. The van der Waals surface area contributed by atoms with E-state index in [1.54, 1.807) is 33.8 Å². The fourth-order valence-corrected chi connectivity index (χ4v) is 6.38. The van der Waals surface area contributed by atoms with Crippen LogP contribution in [-0.2, 0) is 22.9 Å². The predicted octanol–water partition coefficient (Wildman–Crippen LogP) is 3.65. The highest BCUT2D eigenvalue weighted by atomic mass is 32.2. The van der Waals surface area contributed by atoms with E-state index in [0.717, 1.165) is 53.8 Å². The first-order chi connectivity index (χ1) is 16.8. The van der Waals surface area contributed by atoms with E-state index in [0.29, 0.717) is 18.8 Å². The summed E-state index contributed by atoms with van der Waals surface area (Å²) in [7, 11) is -3.62. The first-order valence-corrected chi connectivity index (χ1v) is 13.4. The summed E-state index contributed by atoms with van der Waals surface area (Å²) in [6, 6.07) is 11.3. The van der Waals surface area contributed by atoms with Crippen molar-refractivity contribution in [3.63, 3.8) is 0 Å². The lowest BCUT2D eigenvalue weighted by atomic mass is 9.95. The molecule has 0 N–H and O–H groups in total. The summed E-state index contributed by atoms with van der Waals surface area (Å²) in [6.45, 7) is 4.94. The molecule has 0 unspecified atom stereocenters. The monoisotopic (exact) mass is 496 g/mol. The van der Waals surface area contributed by atoms with Gasteiger partial charge < -0.3 is 4.90 Å². The molecule has 1 fully saturated rings. The van der Waals surface area contributed by atoms with Gasteiger partial charge in [-0.25, -0.2) is 17.5 Å². The molecule has 35 heavy (non-hydrogen) atoms. The number of hydrogen-bond donors (Lipinski definition) is 0. The molecule has 7 nitrogen and oxygen atoms in total. The third-order valence-corrected chi connectivity index (χ3v) is 8.99. The molecular weight excluding hydrogens is 467 g/mol. The Morgan fingerprint density at radius 3 is 2.29 bits per heavy atom. The maximum atomic E-state index is 13.5. The van der Waals surface area contributed by atoms with Gasteiger partial charge in [-0.2, -0.15) is 9.40 Å².